The van der Waals surface area contributed by atoms with Crippen molar-refractivity contribution in [3.63, 3.8) is 0 Å². The molecule has 1 aliphatic heterocycles. The van der Waals surface area contributed by atoms with Crippen molar-refractivity contribution in [2.24, 2.45) is 0 Å². The van der Waals surface area contributed by atoms with E-state index in [1.165, 1.54) is 4.90 Å². The maximum Gasteiger partial charge on any atom is 0.276 e. The molecule has 1 aromatic rings. The number of halogens is 2. The summed E-state index contributed by atoms with van der Waals surface area (Å²) >= 11 is 16.9. The molecule has 1 fully saturated rings. The van der Waals surface area contributed by atoms with Crippen molar-refractivity contribution < 1.29 is 4.79 Å². The van der Waals surface area contributed by atoms with E-state index in [2.05, 4.69) is 5.32 Å². The van der Waals surface area contributed by atoms with Gasteiger partial charge in [-0.2, -0.15) is 0 Å². The second-order valence-corrected chi connectivity index (χ2v) is 4.93. The average Bonchev–Trinajstić information content (AvgIpc) is 2.58. The van der Waals surface area contributed by atoms with E-state index in [-0.39, 0.29) is 5.91 Å². The summed E-state index contributed by atoms with van der Waals surface area (Å²) in [6.45, 7) is 2.40. The summed E-state index contributed by atoms with van der Waals surface area (Å²) in [5.41, 5.74) is 1.14. The van der Waals surface area contributed by atoms with Crippen molar-refractivity contribution in [1.29, 1.82) is 0 Å². The first-order valence-corrected chi connectivity index (χ1v) is 6.49. The molecule has 1 amide bonds. The standard InChI is InChI=1S/C12H10Cl2N2OS/c1-2-16-11(17)10(15-12(16)18)5-7-3-4-8(13)6-9(7)14/h3-6H,2H2,1H3,(H,15,18)/b10-5+. The smallest absolute Gasteiger partial charge is 0.276 e. The van der Waals surface area contributed by atoms with E-state index in [1.807, 2.05) is 6.92 Å². The Morgan fingerprint density at radius 1 is 1.44 bits per heavy atom. The lowest BCUT2D eigenvalue weighted by Crippen LogP contribution is -2.30. The van der Waals surface area contributed by atoms with E-state index in [0.29, 0.717) is 27.4 Å². The van der Waals surface area contributed by atoms with Crippen molar-refractivity contribution in [1.82, 2.24) is 10.2 Å². The predicted molar refractivity (Wildman–Crippen MR) is 77.6 cm³/mol. The Kier molecular flexibility index (Phi) is 3.90. The molecule has 2 rings (SSSR count). The molecule has 0 radical (unpaired) electrons. The topological polar surface area (TPSA) is 32.3 Å². The van der Waals surface area contributed by atoms with Crippen LogP contribution in [-0.4, -0.2) is 22.5 Å². The highest BCUT2D eigenvalue weighted by Gasteiger charge is 2.29. The van der Waals surface area contributed by atoms with Crippen molar-refractivity contribution >= 4 is 52.5 Å². The lowest BCUT2D eigenvalue weighted by atomic mass is 10.2. The molecular formula is C12H10Cl2N2OS. The Bertz CT molecular complexity index is 557. The van der Waals surface area contributed by atoms with Crippen molar-refractivity contribution in [3.8, 4) is 0 Å². The normalized spacial score (nSPS) is 17.5. The molecule has 0 unspecified atom stereocenters. The van der Waals surface area contributed by atoms with Gasteiger partial charge in [-0.25, -0.2) is 0 Å². The Balaban J connectivity index is 2.35. The number of carbonyl (C=O) groups is 1. The molecule has 94 valence electrons. The van der Waals surface area contributed by atoms with Gasteiger partial charge in [0.05, 0.1) is 0 Å². The van der Waals surface area contributed by atoms with Gasteiger partial charge in [0.15, 0.2) is 5.11 Å². The van der Waals surface area contributed by atoms with Crippen LogP contribution in [0.4, 0.5) is 0 Å². The Morgan fingerprint density at radius 2 is 2.17 bits per heavy atom. The maximum absolute atomic E-state index is 12.0. The first-order chi connectivity index (χ1) is 8.52. The van der Waals surface area contributed by atoms with E-state index >= 15 is 0 Å². The van der Waals surface area contributed by atoms with Crippen LogP contribution in [0.5, 0.6) is 0 Å². The number of nitrogens with zero attached hydrogens (tertiary/aromatic N) is 1. The zero-order chi connectivity index (χ0) is 13.3. The number of rotatable bonds is 2. The van der Waals surface area contributed by atoms with Gasteiger partial charge in [0.2, 0.25) is 0 Å². The molecule has 0 aromatic heterocycles. The number of likely N-dealkylation sites (N-methyl/N-ethyl adjacent to an activating group) is 1. The van der Waals surface area contributed by atoms with Gasteiger partial charge in [-0.3, -0.25) is 9.69 Å². The third kappa shape index (κ3) is 2.51. The van der Waals surface area contributed by atoms with Crippen molar-refractivity contribution in [2.75, 3.05) is 6.54 Å². The van der Waals surface area contributed by atoms with Crippen LogP contribution in [-0.2, 0) is 4.79 Å². The number of amides is 1. The summed E-state index contributed by atoms with van der Waals surface area (Å²) in [5, 5.41) is 4.33. The molecule has 1 saturated heterocycles. The highest BCUT2D eigenvalue weighted by molar-refractivity contribution is 7.80. The van der Waals surface area contributed by atoms with Gasteiger partial charge in [0.1, 0.15) is 5.70 Å². The van der Waals surface area contributed by atoms with E-state index in [9.17, 15) is 4.79 Å². The second kappa shape index (κ2) is 5.26. The average molecular weight is 301 g/mol. The summed E-state index contributed by atoms with van der Waals surface area (Å²) in [4.78, 5) is 13.5. The summed E-state index contributed by atoms with van der Waals surface area (Å²) in [6, 6.07) is 5.10. The summed E-state index contributed by atoms with van der Waals surface area (Å²) in [5.74, 6) is -0.145. The number of thiocarbonyl (C=S) groups is 1. The van der Waals surface area contributed by atoms with Crippen LogP contribution in [0.2, 0.25) is 10.0 Å². The quantitative estimate of drug-likeness (QED) is 0.673. The third-order valence-corrected chi connectivity index (χ3v) is 3.43. The number of carbonyl (C=O) groups excluding carboxylic acids is 1. The zero-order valence-electron chi connectivity index (χ0n) is 9.54. The molecule has 3 nitrogen and oxygen atoms in total. The highest BCUT2D eigenvalue weighted by Crippen LogP contribution is 2.24. The van der Waals surface area contributed by atoms with Crippen LogP contribution in [0, 0.1) is 0 Å². The lowest BCUT2D eigenvalue weighted by Gasteiger charge is -2.08. The first kappa shape index (κ1) is 13.3. The molecule has 0 atom stereocenters. The molecule has 0 bridgehead atoms. The van der Waals surface area contributed by atoms with Gasteiger partial charge in [-0.05, 0) is 42.9 Å². The summed E-state index contributed by atoms with van der Waals surface area (Å²) in [6.07, 6.45) is 1.67. The van der Waals surface area contributed by atoms with Crippen LogP contribution in [0.3, 0.4) is 0 Å². The van der Waals surface area contributed by atoms with Gasteiger partial charge in [-0.15, -0.1) is 0 Å². The fourth-order valence-corrected chi connectivity index (χ4v) is 2.42. The number of benzene rings is 1. The SMILES string of the molecule is CCN1C(=O)/C(=C\c2ccc(Cl)cc2Cl)NC1=S. The fraction of sp³-hybridized carbons (Fsp3) is 0.167. The molecule has 0 saturated carbocycles. The van der Waals surface area contributed by atoms with E-state index in [0.717, 1.165) is 5.56 Å². The Hall–Kier alpha value is -1.10. The number of hydrogen-bond acceptors (Lipinski definition) is 2. The minimum absolute atomic E-state index is 0.145. The van der Waals surface area contributed by atoms with E-state index in [1.54, 1.807) is 24.3 Å². The van der Waals surface area contributed by atoms with Gasteiger partial charge in [0, 0.05) is 16.6 Å². The van der Waals surface area contributed by atoms with Gasteiger partial charge in [0.25, 0.3) is 5.91 Å². The molecule has 0 aliphatic carbocycles. The number of hydrogen-bond donors (Lipinski definition) is 1. The van der Waals surface area contributed by atoms with Gasteiger partial charge >= 0.3 is 0 Å². The lowest BCUT2D eigenvalue weighted by molar-refractivity contribution is -0.122. The molecule has 1 aromatic carbocycles. The molecule has 18 heavy (non-hydrogen) atoms. The third-order valence-electron chi connectivity index (χ3n) is 2.54. The minimum Gasteiger partial charge on any atom is -0.328 e. The number of nitrogens with one attached hydrogen (secondary N) is 1. The molecule has 6 heteroatoms. The van der Waals surface area contributed by atoms with Crippen molar-refractivity contribution in [3.05, 3.63) is 39.5 Å². The first-order valence-electron chi connectivity index (χ1n) is 5.32. The largest absolute Gasteiger partial charge is 0.328 e. The fourth-order valence-electron chi connectivity index (χ4n) is 1.63. The maximum atomic E-state index is 12.0. The van der Waals surface area contributed by atoms with Crippen LogP contribution in [0.25, 0.3) is 6.08 Å². The molecule has 1 heterocycles. The van der Waals surface area contributed by atoms with Crippen LogP contribution >= 0.6 is 35.4 Å². The van der Waals surface area contributed by atoms with Gasteiger partial charge < -0.3 is 5.32 Å². The van der Waals surface area contributed by atoms with E-state index in [4.69, 9.17) is 35.4 Å². The summed E-state index contributed by atoms with van der Waals surface area (Å²) < 4.78 is 0. The monoisotopic (exact) mass is 300 g/mol. The van der Waals surface area contributed by atoms with Crippen LogP contribution < -0.4 is 5.32 Å². The predicted octanol–water partition coefficient (Wildman–Crippen LogP) is 3.07. The second-order valence-electron chi connectivity index (χ2n) is 3.70. The Labute approximate surface area is 120 Å². The minimum atomic E-state index is -0.145. The van der Waals surface area contributed by atoms with Crippen molar-refractivity contribution in [2.45, 2.75) is 6.92 Å². The summed E-state index contributed by atoms with van der Waals surface area (Å²) in [7, 11) is 0. The van der Waals surface area contributed by atoms with Crippen LogP contribution in [0.1, 0.15) is 12.5 Å². The molecule has 1 N–H and O–H groups in total. The van der Waals surface area contributed by atoms with Gasteiger partial charge in [-0.1, -0.05) is 29.3 Å². The van der Waals surface area contributed by atoms with Crippen LogP contribution in [0.15, 0.2) is 23.9 Å². The molecule has 1 aliphatic rings. The Morgan fingerprint density at radius 3 is 2.72 bits per heavy atom. The zero-order valence-corrected chi connectivity index (χ0v) is 11.9. The van der Waals surface area contributed by atoms with E-state index < -0.39 is 0 Å². The molecular weight excluding hydrogens is 291 g/mol. The highest BCUT2D eigenvalue weighted by atomic mass is 35.5. The molecule has 0 spiro atoms.